The van der Waals surface area contributed by atoms with Crippen molar-refractivity contribution >= 4 is 39.2 Å². The molecule has 2 nitrogen and oxygen atoms in total. The van der Waals surface area contributed by atoms with Crippen LogP contribution in [0.5, 0.6) is 0 Å². The average molecular weight is 354 g/mol. The van der Waals surface area contributed by atoms with Crippen molar-refractivity contribution < 1.29 is 0 Å². The summed E-state index contributed by atoms with van der Waals surface area (Å²) in [6.45, 7) is 3.31. The summed E-state index contributed by atoms with van der Waals surface area (Å²) in [6.07, 6.45) is 5.70. The van der Waals surface area contributed by atoms with E-state index in [4.69, 9.17) is 0 Å². The lowest BCUT2D eigenvalue weighted by Crippen LogP contribution is -2.03. The van der Waals surface area contributed by atoms with Gasteiger partial charge in [-0.3, -0.25) is 4.98 Å². The Morgan fingerprint density at radius 3 is 2.89 bits per heavy atom. The van der Waals surface area contributed by atoms with Crippen molar-refractivity contribution in [1.29, 1.82) is 0 Å². The second-order valence-corrected chi connectivity index (χ2v) is 6.71. The van der Waals surface area contributed by atoms with E-state index in [1.807, 2.05) is 12.3 Å². The van der Waals surface area contributed by atoms with E-state index in [0.29, 0.717) is 0 Å². The molecule has 0 saturated carbocycles. The van der Waals surface area contributed by atoms with Gasteiger partial charge < -0.3 is 5.32 Å². The zero-order valence-corrected chi connectivity index (χ0v) is 12.9. The Labute approximate surface area is 122 Å². The highest BCUT2D eigenvalue weighted by Crippen LogP contribution is 2.21. The molecule has 2 aromatic rings. The summed E-state index contributed by atoms with van der Waals surface area (Å²) in [5.74, 6) is 0. The highest BCUT2D eigenvalue weighted by molar-refractivity contribution is 14.1. The van der Waals surface area contributed by atoms with Crippen LogP contribution in [-0.2, 0) is 0 Å². The number of anilines is 1. The lowest BCUT2D eigenvalue weighted by molar-refractivity contribution is 0.706. The molecule has 1 unspecified atom stereocenters. The fourth-order valence-corrected chi connectivity index (χ4v) is 2.46. The monoisotopic (exact) mass is 354 g/mol. The van der Waals surface area contributed by atoms with E-state index in [2.05, 4.69) is 64.1 Å². The molecular weight excluding hydrogens is 335 g/mol. The summed E-state index contributed by atoms with van der Waals surface area (Å²) in [7, 11) is 0. The lowest BCUT2D eigenvalue weighted by Gasteiger charge is -2.09. The fourth-order valence-electron chi connectivity index (χ4n) is 2.02. The number of nitrogens with one attached hydrogen (secondary N) is 1. The van der Waals surface area contributed by atoms with Gasteiger partial charge in [-0.1, -0.05) is 54.1 Å². The normalized spacial score (nSPS) is 12.6. The standard InChI is InChI=1S/C15H19IN2/c1-12(16)6-4-5-10-17-15-9-11-18-14-8-3-2-7-13(14)15/h2-3,7-9,11-12H,4-6,10H2,1H3,(H,17,18). The summed E-state index contributed by atoms with van der Waals surface area (Å²) in [5.41, 5.74) is 2.26. The molecule has 0 radical (unpaired) electrons. The topological polar surface area (TPSA) is 24.9 Å². The number of alkyl halides is 1. The molecule has 0 spiro atoms. The second-order valence-electron chi connectivity index (χ2n) is 4.58. The number of unbranched alkanes of at least 4 members (excludes halogenated alkanes) is 1. The van der Waals surface area contributed by atoms with Gasteiger partial charge >= 0.3 is 0 Å². The highest BCUT2D eigenvalue weighted by atomic mass is 127. The number of benzene rings is 1. The molecule has 0 amide bonds. The zero-order chi connectivity index (χ0) is 12.8. The van der Waals surface area contributed by atoms with Gasteiger partial charge in [0, 0.05) is 27.7 Å². The maximum Gasteiger partial charge on any atom is 0.0722 e. The van der Waals surface area contributed by atoms with Gasteiger partial charge in [0.2, 0.25) is 0 Å². The largest absolute Gasteiger partial charge is 0.384 e. The number of hydrogen-bond acceptors (Lipinski definition) is 2. The van der Waals surface area contributed by atoms with E-state index in [1.54, 1.807) is 0 Å². The highest BCUT2D eigenvalue weighted by Gasteiger charge is 2.00. The summed E-state index contributed by atoms with van der Waals surface area (Å²) in [5, 5.41) is 4.73. The maximum absolute atomic E-state index is 4.37. The molecule has 0 aliphatic rings. The molecule has 3 heteroatoms. The number of aromatic nitrogens is 1. The van der Waals surface area contributed by atoms with Crippen molar-refractivity contribution in [2.45, 2.75) is 30.1 Å². The van der Waals surface area contributed by atoms with Crippen molar-refractivity contribution in [3.05, 3.63) is 36.5 Å². The van der Waals surface area contributed by atoms with E-state index in [1.165, 1.54) is 30.3 Å². The molecule has 96 valence electrons. The Morgan fingerprint density at radius 1 is 1.22 bits per heavy atom. The predicted molar refractivity (Wildman–Crippen MR) is 87.6 cm³/mol. The van der Waals surface area contributed by atoms with Gasteiger partial charge in [0.1, 0.15) is 0 Å². The first-order valence-corrected chi connectivity index (χ1v) is 7.73. The quantitative estimate of drug-likeness (QED) is 0.464. The third kappa shape index (κ3) is 3.83. The van der Waals surface area contributed by atoms with Crippen molar-refractivity contribution in [2.75, 3.05) is 11.9 Å². The third-order valence-electron chi connectivity index (χ3n) is 2.99. The summed E-state index contributed by atoms with van der Waals surface area (Å²) >= 11 is 2.49. The molecule has 0 bridgehead atoms. The van der Waals surface area contributed by atoms with Gasteiger partial charge in [-0.15, -0.1) is 0 Å². The first-order chi connectivity index (χ1) is 8.77. The first-order valence-electron chi connectivity index (χ1n) is 6.49. The molecule has 1 N–H and O–H groups in total. The summed E-state index contributed by atoms with van der Waals surface area (Å²) in [6, 6.07) is 10.3. The number of halogens is 1. The van der Waals surface area contributed by atoms with Crippen LogP contribution in [0.3, 0.4) is 0 Å². The van der Waals surface area contributed by atoms with Gasteiger partial charge in [0.05, 0.1) is 5.52 Å². The van der Waals surface area contributed by atoms with Gasteiger partial charge in [-0.05, 0) is 25.0 Å². The van der Waals surface area contributed by atoms with E-state index < -0.39 is 0 Å². The number of pyridine rings is 1. The minimum atomic E-state index is 0.782. The Hall–Kier alpha value is -0.840. The Kier molecular flexibility index (Phi) is 5.23. The van der Waals surface area contributed by atoms with E-state index in [-0.39, 0.29) is 0 Å². The van der Waals surface area contributed by atoms with Gasteiger partial charge in [0.25, 0.3) is 0 Å². The first kappa shape index (κ1) is 13.6. The number of rotatable bonds is 6. The van der Waals surface area contributed by atoms with Gasteiger partial charge in [0.15, 0.2) is 0 Å². The zero-order valence-electron chi connectivity index (χ0n) is 10.7. The summed E-state index contributed by atoms with van der Waals surface area (Å²) in [4.78, 5) is 4.37. The van der Waals surface area contributed by atoms with Gasteiger partial charge in [-0.2, -0.15) is 0 Å². The predicted octanol–water partition coefficient (Wildman–Crippen LogP) is 4.64. The van der Waals surface area contributed by atoms with Gasteiger partial charge in [-0.25, -0.2) is 0 Å². The Morgan fingerprint density at radius 2 is 2.06 bits per heavy atom. The van der Waals surface area contributed by atoms with Crippen LogP contribution in [0.4, 0.5) is 5.69 Å². The van der Waals surface area contributed by atoms with E-state index in [9.17, 15) is 0 Å². The van der Waals surface area contributed by atoms with Crippen LogP contribution in [0.15, 0.2) is 36.5 Å². The summed E-state index contributed by atoms with van der Waals surface area (Å²) < 4.78 is 0.782. The molecule has 1 aromatic carbocycles. The molecule has 18 heavy (non-hydrogen) atoms. The SMILES string of the molecule is CC(I)CCCCNc1ccnc2ccccc12. The van der Waals surface area contributed by atoms with Crippen LogP contribution in [0.2, 0.25) is 0 Å². The van der Waals surface area contributed by atoms with Crippen molar-refractivity contribution in [3.63, 3.8) is 0 Å². The van der Waals surface area contributed by atoms with E-state index in [0.717, 1.165) is 16.0 Å². The van der Waals surface area contributed by atoms with Crippen molar-refractivity contribution in [2.24, 2.45) is 0 Å². The molecule has 0 saturated heterocycles. The number of nitrogens with zero attached hydrogens (tertiary/aromatic N) is 1. The third-order valence-corrected chi connectivity index (χ3v) is 3.62. The van der Waals surface area contributed by atoms with Crippen LogP contribution in [0.1, 0.15) is 26.2 Å². The van der Waals surface area contributed by atoms with E-state index >= 15 is 0 Å². The molecule has 2 rings (SSSR count). The van der Waals surface area contributed by atoms with Crippen molar-refractivity contribution in [3.8, 4) is 0 Å². The van der Waals surface area contributed by atoms with Crippen LogP contribution < -0.4 is 5.32 Å². The second kappa shape index (κ2) is 6.92. The molecule has 0 fully saturated rings. The van der Waals surface area contributed by atoms with Crippen LogP contribution >= 0.6 is 22.6 Å². The molecule has 0 aliphatic heterocycles. The molecule has 1 atom stereocenters. The fraction of sp³-hybridized carbons (Fsp3) is 0.400. The van der Waals surface area contributed by atoms with Crippen LogP contribution in [0, 0.1) is 0 Å². The maximum atomic E-state index is 4.37. The number of fused-ring (bicyclic) bond motifs is 1. The smallest absolute Gasteiger partial charge is 0.0722 e. The number of para-hydroxylation sites is 1. The average Bonchev–Trinajstić information content (AvgIpc) is 2.38. The van der Waals surface area contributed by atoms with Crippen LogP contribution in [0.25, 0.3) is 10.9 Å². The van der Waals surface area contributed by atoms with Crippen molar-refractivity contribution in [1.82, 2.24) is 4.98 Å². The Bertz CT molecular complexity index is 491. The molecule has 1 aromatic heterocycles. The molecule has 0 aliphatic carbocycles. The molecule has 1 heterocycles. The minimum Gasteiger partial charge on any atom is -0.384 e. The minimum absolute atomic E-state index is 0.782. The lowest BCUT2D eigenvalue weighted by atomic mass is 10.1. The van der Waals surface area contributed by atoms with Crippen LogP contribution in [-0.4, -0.2) is 15.5 Å². The number of hydrogen-bond donors (Lipinski definition) is 1. The Balaban J connectivity index is 1.91. The molecular formula is C15H19IN2.